The number of amides is 1. The minimum Gasteiger partial charge on any atom is -0.495 e. The summed E-state index contributed by atoms with van der Waals surface area (Å²) < 4.78 is 5.74. The SMILES string of the molecule is COc1ccc(C(=O)CSc2nnc(N(C(C)=O)C3CC3)s2)cc1Cl. The van der Waals surface area contributed by atoms with Gasteiger partial charge in [0.05, 0.1) is 17.9 Å². The highest BCUT2D eigenvalue weighted by atomic mass is 35.5. The molecule has 1 aliphatic carbocycles. The second-order valence-electron chi connectivity index (χ2n) is 5.53. The number of hydrogen-bond donors (Lipinski definition) is 0. The number of methoxy groups -OCH3 is 1. The number of anilines is 1. The van der Waals surface area contributed by atoms with Crippen LogP contribution in [0, 0.1) is 0 Å². The number of halogens is 1. The Morgan fingerprint density at radius 3 is 2.76 bits per heavy atom. The summed E-state index contributed by atoms with van der Waals surface area (Å²) in [4.78, 5) is 25.7. The standard InChI is InChI=1S/C16H16ClN3O3S2/c1-9(21)20(11-4-5-11)15-18-19-16(25-15)24-8-13(22)10-3-6-14(23-2)12(17)7-10/h3,6-7,11H,4-5,8H2,1-2H3. The first-order valence-electron chi connectivity index (χ1n) is 7.62. The Hall–Kier alpha value is -1.64. The van der Waals surface area contributed by atoms with Crippen molar-refractivity contribution in [3.63, 3.8) is 0 Å². The lowest BCUT2D eigenvalue weighted by atomic mass is 10.1. The smallest absolute Gasteiger partial charge is 0.225 e. The number of ether oxygens (including phenoxy) is 1. The molecule has 2 aromatic rings. The monoisotopic (exact) mass is 397 g/mol. The van der Waals surface area contributed by atoms with Gasteiger partial charge in [0, 0.05) is 18.5 Å². The molecular formula is C16H16ClN3O3S2. The lowest BCUT2D eigenvalue weighted by Crippen LogP contribution is -2.30. The maximum absolute atomic E-state index is 12.3. The topological polar surface area (TPSA) is 72.4 Å². The molecule has 1 aromatic heterocycles. The van der Waals surface area contributed by atoms with Gasteiger partial charge in [0.25, 0.3) is 0 Å². The summed E-state index contributed by atoms with van der Waals surface area (Å²) in [5.74, 6) is 0.668. The first kappa shape index (κ1) is 18.2. The molecule has 0 radical (unpaired) electrons. The van der Waals surface area contributed by atoms with Crippen molar-refractivity contribution in [1.82, 2.24) is 10.2 Å². The summed E-state index contributed by atoms with van der Waals surface area (Å²) in [5.41, 5.74) is 0.520. The second kappa shape index (κ2) is 7.72. The molecule has 1 amide bonds. The van der Waals surface area contributed by atoms with Crippen molar-refractivity contribution >= 4 is 51.5 Å². The fraction of sp³-hybridized carbons (Fsp3) is 0.375. The van der Waals surface area contributed by atoms with Gasteiger partial charge in [-0.2, -0.15) is 0 Å². The summed E-state index contributed by atoms with van der Waals surface area (Å²) in [6.07, 6.45) is 2.00. The van der Waals surface area contributed by atoms with Gasteiger partial charge >= 0.3 is 0 Å². The normalized spacial score (nSPS) is 13.6. The van der Waals surface area contributed by atoms with Gasteiger partial charge in [-0.3, -0.25) is 14.5 Å². The van der Waals surface area contributed by atoms with Crippen LogP contribution in [0.1, 0.15) is 30.1 Å². The Balaban J connectivity index is 1.63. The van der Waals surface area contributed by atoms with Crippen LogP contribution < -0.4 is 9.64 Å². The molecule has 0 unspecified atom stereocenters. The van der Waals surface area contributed by atoms with Gasteiger partial charge in [-0.1, -0.05) is 34.7 Å². The molecule has 1 fully saturated rings. The summed E-state index contributed by atoms with van der Waals surface area (Å²) in [7, 11) is 1.53. The zero-order valence-electron chi connectivity index (χ0n) is 13.7. The molecule has 0 bridgehead atoms. The van der Waals surface area contributed by atoms with Crippen LogP contribution in [0.4, 0.5) is 5.13 Å². The Bertz CT molecular complexity index is 808. The summed E-state index contributed by atoms with van der Waals surface area (Å²) in [6.45, 7) is 1.53. The maximum atomic E-state index is 12.3. The predicted octanol–water partition coefficient (Wildman–Crippen LogP) is 3.69. The summed E-state index contributed by atoms with van der Waals surface area (Å²) in [6, 6.07) is 5.19. The van der Waals surface area contributed by atoms with Crippen LogP contribution in [0.15, 0.2) is 22.5 Å². The third-order valence-electron chi connectivity index (χ3n) is 3.65. The highest BCUT2D eigenvalue weighted by Crippen LogP contribution is 2.36. The van der Waals surface area contributed by atoms with Crippen LogP contribution in [0.25, 0.3) is 0 Å². The van der Waals surface area contributed by atoms with Crippen molar-refractivity contribution in [1.29, 1.82) is 0 Å². The average Bonchev–Trinajstić information content (AvgIpc) is 3.30. The molecule has 132 valence electrons. The molecule has 0 N–H and O–H groups in total. The van der Waals surface area contributed by atoms with Gasteiger partial charge in [-0.15, -0.1) is 10.2 Å². The lowest BCUT2D eigenvalue weighted by Gasteiger charge is -2.15. The van der Waals surface area contributed by atoms with E-state index in [9.17, 15) is 9.59 Å². The highest BCUT2D eigenvalue weighted by Gasteiger charge is 2.34. The van der Waals surface area contributed by atoms with Gasteiger partial charge in [-0.05, 0) is 31.0 Å². The Labute approximate surface area is 158 Å². The van der Waals surface area contributed by atoms with E-state index in [4.69, 9.17) is 16.3 Å². The number of carbonyl (C=O) groups is 2. The fourth-order valence-electron chi connectivity index (χ4n) is 2.29. The number of aromatic nitrogens is 2. The van der Waals surface area contributed by atoms with E-state index in [1.54, 1.807) is 23.1 Å². The highest BCUT2D eigenvalue weighted by molar-refractivity contribution is 8.01. The van der Waals surface area contributed by atoms with Crippen LogP contribution >= 0.6 is 34.7 Å². The number of thioether (sulfide) groups is 1. The van der Waals surface area contributed by atoms with Gasteiger partial charge in [0.15, 0.2) is 10.1 Å². The van der Waals surface area contributed by atoms with Crippen LogP contribution in [0.5, 0.6) is 5.75 Å². The first-order chi connectivity index (χ1) is 12.0. The van der Waals surface area contributed by atoms with Gasteiger partial charge in [0.2, 0.25) is 11.0 Å². The largest absolute Gasteiger partial charge is 0.495 e. The van der Waals surface area contributed by atoms with Crippen molar-refractivity contribution in [2.45, 2.75) is 30.1 Å². The molecule has 1 aromatic carbocycles. The molecule has 1 saturated carbocycles. The molecule has 3 rings (SSSR count). The van der Waals surface area contributed by atoms with E-state index in [1.165, 1.54) is 37.1 Å². The molecule has 0 spiro atoms. The maximum Gasteiger partial charge on any atom is 0.225 e. The van der Waals surface area contributed by atoms with Crippen molar-refractivity contribution < 1.29 is 14.3 Å². The molecule has 0 aliphatic heterocycles. The van der Waals surface area contributed by atoms with Crippen LogP contribution in [0.3, 0.4) is 0 Å². The number of carbonyl (C=O) groups excluding carboxylic acids is 2. The van der Waals surface area contributed by atoms with Crippen molar-refractivity contribution in [3.05, 3.63) is 28.8 Å². The summed E-state index contributed by atoms with van der Waals surface area (Å²) >= 11 is 8.69. The number of rotatable bonds is 7. The minimum absolute atomic E-state index is 0.0286. The molecule has 6 nitrogen and oxygen atoms in total. The van der Waals surface area contributed by atoms with Crippen LogP contribution in [-0.4, -0.2) is 40.8 Å². The van der Waals surface area contributed by atoms with Crippen molar-refractivity contribution in [3.8, 4) is 5.75 Å². The minimum atomic E-state index is -0.0584. The van der Waals surface area contributed by atoms with E-state index in [0.29, 0.717) is 25.8 Å². The number of ketones is 1. The third kappa shape index (κ3) is 4.31. The predicted molar refractivity (Wildman–Crippen MR) is 99.1 cm³/mol. The molecule has 25 heavy (non-hydrogen) atoms. The van der Waals surface area contributed by atoms with Crippen LogP contribution in [0.2, 0.25) is 5.02 Å². The Kier molecular flexibility index (Phi) is 5.61. The molecule has 0 atom stereocenters. The van der Waals surface area contributed by atoms with Gasteiger partial charge < -0.3 is 4.74 Å². The van der Waals surface area contributed by atoms with E-state index in [1.807, 2.05) is 0 Å². The Morgan fingerprint density at radius 1 is 1.40 bits per heavy atom. The quantitative estimate of drug-likeness (QED) is 0.403. The van der Waals surface area contributed by atoms with Crippen molar-refractivity contribution in [2.75, 3.05) is 17.8 Å². The number of benzene rings is 1. The number of nitrogens with zero attached hydrogens (tertiary/aromatic N) is 3. The zero-order valence-corrected chi connectivity index (χ0v) is 16.1. The molecular weight excluding hydrogens is 382 g/mol. The number of hydrogen-bond acceptors (Lipinski definition) is 7. The van der Waals surface area contributed by atoms with Gasteiger partial charge in [0.1, 0.15) is 5.75 Å². The number of Topliss-reactive ketones (excluding diaryl/α,β-unsaturated/α-hetero) is 1. The lowest BCUT2D eigenvalue weighted by molar-refractivity contribution is -0.116. The third-order valence-corrected chi connectivity index (χ3v) is 6.00. The first-order valence-corrected chi connectivity index (χ1v) is 9.80. The fourth-order valence-corrected chi connectivity index (χ4v) is 4.40. The van der Waals surface area contributed by atoms with E-state index in [-0.39, 0.29) is 23.5 Å². The second-order valence-corrected chi connectivity index (χ2v) is 8.12. The Morgan fingerprint density at radius 2 is 2.16 bits per heavy atom. The molecule has 1 aliphatic rings. The van der Waals surface area contributed by atoms with Crippen LogP contribution in [-0.2, 0) is 4.79 Å². The zero-order chi connectivity index (χ0) is 18.0. The molecule has 1 heterocycles. The van der Waals surface area contributed by atoms with E-state index in [2.05, 4.69) is 10.2 Å². The van der Waals surface area contributed by atoms with Crippen molar-refractivity contribution in [2.24, 2.45) is 0 Å². The van der Waals surface area contributed by atoms with E-state index in [0.717, 1.165) is 12.8 Å². The molecule has 9 heteroatoms. The summed E-state index contributed by atoms with van der Waals surface area (Å²) in [5, 5.41) is 9.17. The average molecular weight is 398 g/mol. The van der Waals surface area contributed by atoms with Gasteiger partial charge in [-0.25, -0.2) is 0 Å². The van der Waals surface area contributed by atoms with E-state index >= 15 is 0 Å². The van der Waals surface area contributed by atoms with E-state index < -0.39 is 0 Å². The molecule has 0 saturated heterocycles.